The average Bonchev–Trinajstić information content (AvgIpc) is 2.51. The molecule has 0 rings (SSSR count). The number of hydrogen-bond donors (Lipinski definition) is 2. The van der Waals surface area contributed by atoms with Crippen LogP contribution >= 0.6 is 0 Å². The Morgan fingerprint density at radius 2 is 1.77 bits per heavy atom. The molecular weight excluding hydrogens is 300 g/mol. The Bertz CT molecular complexity index is 406. The van der Waals surface area contributed by atoms with Crippen molar-refractivity contribution < 1.29 is 8.42 Å². The molecular formula is C15H34N4O2S. The van der Waals surface area contributed by atoms with Gasteiger partial charge >= 0.3 is 0 Å². The predicted molar refractivity (Wildman–Crippen MR) is 94.8 cm³/mol. The van der Waals surface area contributed by atoms with Crippen molar-refractivity contribution in [3.05, 3.63) is 0 Å². The molecule has 0 saturated carbocycles. The van der Waals surface area contributed by atoms with E-state index < -0.39 is 10.0 Å². The number of hydrogen-bond acceptors (Lipinski definition) is 3. The molecule has 0 aliphatic rings. The molecule has 0 heterocycles. The molecule has 0 aliphatic carbocycles. The summed E-state index contributed by atoms with van der Waals surface area (Å²) in [5, 5.41) is 6.49. The lowest BCUT2D eigenvalue weighted by Crippen LogP contribution is -2.39. The zero-order chi connectivity index (χ0) is 17.0. The highest BCUT2D eigenvalue weighted by Crippen LogP contribution is 2.07. The normalized spacial score (nSPS) is 13.0. The van der Waals surface area contributed by atoms with E-state index in [-0.39, 0.29) is 5.75 Å². The molecule has 2 N–H and O–H groups in total. The number of nitrogens with one attached hydrogen (secondary N) is 2. The minimum atomic E-state index is -3.08. The number of guanidine groups is 1. The number of aliphatic imine (C=N–C) groups is 1. The quantitative estimate of drug-likeness (QED) is 0.342. The summed E-state index contributed by atoms with van der Waals surface area (Å²) in [4.78, 5) is 4.60. The van der Waals surface area contributed by atoms with Gasteiger partial charge in [0, 0.05) is 33.2 Å². The summed E-state index contributed by atoms with van der Waals surface area (Å²) in [5.41, 5.74) is 0. The average molecular weight is 335 g/mol. The Hall–Kier alpha value is -0.820. The number of nitrogens with zero attached hydrogens (tertiary/aromatic N) is 2. The van der Waals surface area contributed by atoms with Gasteiger partial charge in [-0.15, -0.1) is 0 Å². The standard InChI is InChI=1S/C15H34N4O2S/c1-6-14(7-2)13-18-15(16-8-3)17-11-10-12-19(5)22(20,21)9-4/h14H,6-13H2,1-5H3,(H2,16,17,18). The van der Waals surface area contributed by atoms with E-state index in [1.807, 2.05) is 6.92 Å². The largest absolute Gasteiger partial charge is 0.357 e. The van der Waals surface area contributed by atoms with Crippen molar-refractivity contribution in [3.8, 4) is 0 Å². The Balaban J connectivity index is 4.23. The molecule has 132 valence electrons. The fraction of sp³-hybridized carbons (Fsp3) is 0.933. The molecule has 0 unspecified atom stereocenters. The monoisotopic (exact) mass is 334 g/mol. The van der Waals surface area contributed by atoms with Crippen LogP contribution in [0.2, 0.25) is 0 Å². The van der Waals surface area contributed by atoms with Crippen LogP contribution in [0.15, 0.2) is 4.99 Å². The Morgan fingerprint density at radius 3 is 2.27 bits per heavy atom. The highest BCUT2D eigenvalue weighted by Gasteiger charge is 2.13. The summed E-state index contributed by atoms with van der Waals surface area (Å²) < 4.78 is 24.7. The molecule has 0 aromatic carbocycles. The summed E-state index contributed by atoms with van der Waals surface area (Å²) in [6, 6.07) is 0. The van der Waals surface area contributed by atoms with Crippen LogP contribution in [0.4, 0.5) is 0 Å². The maximum atomic E-state index is 11.6. The van der Waals surface area contributed by atoms with Gasteiger partial charge in [-0.05, 0) is 26.2 Å². The summed E-state index contributed by atoms with van der Waals surface area (Å²) in [6.45, 7) is 11.0. The van der Waals surface area contributed by atoms with Crippen molar-refractivity contribution in [1.82, 2.24) is 14.9 Å². The van der Waals surface area contributed by atoms with Gasteiger partial charge in [-0.3, -0.25) is 4.99 Å². The summed E-state index contributed by atoms with van der Waals surface area (Å²) in [5.74, 6) is 1.59. The van der Waals surface area contributed by atoms with E-state index in [9.17, 15) is 8.42 Å². The SMILES string of the molecule is CCNC(=NCC(CC)CC)NCCCN(C)S(=O)(=O)CC. The minimum Gasteiger partial charge on any atom is -0.357 e. The number of sulfonamides is 1. The first-order valence-corrected chi connectivity index (χ1v) is 9.98. The molecule has 0 aliphatic heterocycles. The van der Waals surface area contributed by atoms with Crippen LogP contribution < -0.4 is 10.6 Å². The van der Waals surface area contributed by atoms with Gasteiger partial charge in [0.25, 0.3) is 0 Å². The van der Waals surface area contributed by atoms with Crippen molar-refractivity contribution in [2.45, 2.75) is 47.0 Å². The maximum absolute atomic E-state index is 11.6. The molecule has 22 heavy (non-hydrogen) atoms. The molecule has 0 saturated heterocycles. The summed E-state index contributed by atoms with van der Waals surface area (Å²) in [6.07, 6.45) is 3.03. The second kappa shape index (κ2) is 11.7. The fourth-order valence-electron chi connectivity index (χ4n) is 1.98. The second-order valence-corrected chi connectivity index (χ2v) is 7.77. The highest BCUT2D eigenvalue weighted by molar-refractivity contribution is 7.89. The third kappa shape index (κ3) is 8.58. The van der Waals surface area contributed by atoms with E-state index in [0.717, 1.165) is 38.3 Å². The van der Waals surface area contributed by atoms with E-state index in [1.165, 1.54) is 4.31 Å². The zero-order valence-electron chi connectivity index (χ0n) is 14.9. The third-order valence-electron chi connectivity index (χ3n) is 3.79. The van der Waals surface area contributed by atoms with Crippen molar-refractivity contribution in [1.29, 1.82) is 0 Å². The molecule has 0 radical (unpaired) electrons. The molecule has 0 spiro atoms. The molecule has 6 nitrogen and oxygen atoms in total. The van der Waals surface area contributed by atoms with Crippen LogP contribution in [0.1, 0.15) is 47.0 Å². The first-order valence-electron chi connectivity index (χ1n) is 8.37. The lowest BCUT2D eigenvalue weighted by molar-refractivity contribution is 0.461. The molecule has 0 atom stereocenters. The molecule has 0 bridgehead atoms. The van der Waals surface area contributed by atoms with Gasteiger partial charge in [0.1, 0.15) is 0 Å². The zero-order valence-corrected chi connectivity index (χ0v) is 15.7. The van der Waals surface area contributed by atoms with Crippen LogP contribution in [0.3, 0.4) is 0 Å². The lowest BCUT2D eigenvalue weighted by Gasteiger charge is -2.17. The second-order valence-electron chi connectivity index (χ2n) is 5.40. The van der Waals surface area contributed by atoms with Gasteiger partial charge in [-0.25, -0.2) is 12.7 Å². The Morgan fingerprint density at radius 1 is 1.14 bits per heavy atom. The minimum absolute atomic E-state index is 0.149. The van der Waals surface area contributed by atoms with Crippen LogP contribution in [-0.2, 0) is 10.0 Å². The first kappa shape index (κ1) is 21.2. The lowest BCUT2D eigenvalue weighted by atomic mass is 10.0. The van der Waals surface area contributed by atoms with Crippen molar-refractivity contribution in [2.24, 2.45) is 10.9 Å². The highest BCUT2D eigenvalue weighted by atomic mass is 32.2. The van der Waals surface area contributed by atoms with E-state index in [0.29, 0.717) is 19.0 Å². The van der Waals surface area contributed by atoms with Crippen LogP contribution in [0, 0.1) is 5.92 Å². The van der Waals surface area contributed by atoms with Gasteiger partial charge in [0.15, 0.2) is 5.96 Å². The maximum Gasteiger partial charge on any atom is 0.213 e. The van der Waals surface area contributed by atoms with Gasteiger partial charge in [0.05, 0.1) is 5.75 Å². The van der Waals surface area contributed by atoms with Crippen LogP contribution in [0.25, 0.3) is 0 Å². The molecule has 0 fully saturated rings. The van der Waals surface area contributed by atoms with Crippen molar-refractivity contribution in [2.75, 3.05) is 39.0 Å². The molecule has 0 aromatic rings. The van der Waals surface area contributed by atoms with Gasteiger partial charge in [-0.2, -0.15) is 0 Å². The molecule has 7 heteroatoms. The predicted octanol–water partition coefficient (Wildman–Crippen LogP) is 1.65. The van der Waals surface area contributed by atoms with Gasteiger partial charge in [0.2, 0.25) is 10.0 Å². The Labute approximate surface area is 136 Å². The van der Waals surface area contributed by atoms with Crippen LogP contribution in [0.5, 0.6) is 0 Å². The molecule has 0 aromatic heterocycles. The summed E-state index contributed by atoms with van der Waals surface area (Å²) >= 11 is 0. The van der Waals surface area contributed by atoms with Gasteiger partial charge in [-0.1, -0.05) is 26.7 Å². The van der Waals surface area contributed by atoms with Gasteiger partial charge < -0.3 is 10.6 Å². The fourth-order valence-corrected chi connectivity index (χ4v) is 2.83. The smallest absolute Gasteiger partial charge is 0.213 e. The van der Waals surface area contributed by atoms with E-state index in [1.54, 1.807) is 14.0 Å². The van der Waals surface area contributed by atoms with E-state index in [2.05, 4.69) is 29.5 Å². The summed E-state index contributed by atoms with van der Waals surface area (Å²) in [7, 11) is -1.45. The van der Waals surface area contributed by atoms with Crippen molar-refractivity contribution >= 4 is 16.0 Å². The van der Waals surface area contributed by atoms with E-state index in [4.69, 9.17) is 0 Å². The Kier molecular flexibility index (Phi) is 11.3. The third-order valence-corrected chi connectivity index (χ3v) is 5.65. The topological polar surface area (TPSA) is 73.8 Å². The first-order chi connectivity index (χ1) is 10.4. The van der Waals surface area contributed by atoms with Crippen molar-refractivity contribution in [3.63, 3.8) is 0 Å². The van der Waals surface area contributed by atoms with Crippen LogP contribution in [-0.4, -0.2) is 57.7 Å². The molecule has 0 amide bonds. The number of rotatable bonds is 11. The van der Waals surface area contributed by atoms with E-state index >= 15 is 0 Å².